The lowest BCUT2D eigenvalue weighted by Crippen LogP contribution is -1.92. The molecule has 0 heterocycles. The number of halogens is 2. The fourth-order valence-corrected chi connectivity index (χ4v) is 2.99. The van der Waals surface area contributed by atoms with Crippen LogP contribution in [0.1, 0.15) is 5.56 Å². The Morgan fingerprint density at radius 1 is 1.46 bits per heavy atom. The molecule has 68 valence electrons. The van der Waals surface area contributed by atoms with E-state index in [1.54, 1.807) is 0 Å². The van der Waals surface area contributed by atoms with Gasteiger partial charge in [0, 0.05) is 15.2 Å². The quantitative estimate of drug-likeness (QED) is 0.741. The van der Waals surface area contributed by atoms with Crippen LogP contribution in [0.15, 0.2) is 27.6 Å². The molecule has 0 radical (unpaired) electrons. The van der Waals surface area contributed by atoms with Crippen LogP contribution in [0, 0.1) is 11.3 Å². The van der Waals surface area contributed by atoms with Gasteiger partial charge in [-0.3, -0.25) is 0 Å². The van der Waals surface area contributed by atoms with Crippen LogP contribution in [0.5, 0.6) is 0 Å². The lowest BCUT2D eigenvalue weighted by atomic mass is 10.2. The van der Waals surface area contributed by atoms with Crippen LogP contribution in [0.25, 0.3) is 0 Å². The van der Waals surface area contributed by atoms with Gasteiger partial charge in [0.25, 0.3) is 9.05 Å². The highest BCUT2D eigenvalue weighted by Gasteiger charge is 2.14. The Balaban J connectivity index is 3.40. The van der Waals surface area contributed by atoms with Crippen LogP contribution < -0.4 is 0 Å². The Morgan fingerprint density at radius 3 is 2.46 bits per heavy atom. The number of rotatable bonds is 1. The maximum atomic E-state index is 10.9. The van der Waals surface area contributed by atoms with Crippen molar-refractivity contribution < 1.29 is 8.42 Å². The molecule has 1 rings (SSSR count). The molecule has 0 aliphatic rings. The van der Waals surface area contributed by atoms with Crippen LogP contribution in [-0.4, -0.2) is 8.42 Å². The number of nitrogens with zero attached hydrogens (tertiary/aromatic N) is 1. The average molecular weight is 281 g/mol. The first kappa shape index (κ1) is 10.5. The minimum atomic E-state index is -3.74. The molecule has 0 saturated carbocycles. The summed E-state index contributed by atoms with van der Waals surface area (Å²) in [6.07, 6.45) is 0. The van der Waals surface area contributed by atoms with Crippen molar-refractivity contribution in [2.24, 2.45) is 0 Å². The zero-order valence-electron chi connectivity index (χ0n) is 6.16. The molecule has 0 fully saturated rings. The summed E-state index contributed by atoms with van der Waals surface area (Å²) >= 11 is 3.01. The summed E-state index contributed by atoms with van der Waals surface area (Å²) in [5.74, 6) is 0. The highest BCUT2D eigenvalue weighted by Crippen LogP contribution is 2.25. The minimum Gasteiger partial charge on any atom is -0.207 e. The van der Waals surface area contributed by atoms with Gasteiger partial charge in [0.1, 0.15) is 0 Å². The molecular weight excluding hydrogens is 278 g/mol. The second-order valence-corrected chi connectivity index (χ2v) is 5.58. The first-order valence-corrected chi connectivity index (χ1v) is 6.19. The Morgan fingerprint density at radius 2 is 2.08 bits per heavy atom. The van der Waals surface area contributed by atoms with Gasteiger partial charge in [-0.25, -0.2) is 8.42 Å². The molecule has 0 aromatic heterocycles. The third kappa shape index (κ3) is 2.44. The molecular formula is C7H3BrClNO2S. The predicted octanol–water partition coefficient (Wildman–Crippen LogP) is 2.25. The normalized spacial score (nSPS) is 10.8. The molecule has 13 heavy (non-hydrogen) atoms. The lowest BCUT2D eigenvalue weighted by molar-refractivity contribution is 0.609. The topological polar surface area (TPSA) is 57.9 Å². The van der Waals surface area contributed by atoms with E-state index < -0.39 is 9.05 Å². The van der Waals surface area contributed by atoms with Crippen molar-refractivity contribution in [2.75, 3.05) is 0 Å². The molecule has 0 amide bonds. The van der Waals surface area contributed by atoms with Crippen molar-refractivity contribution in [3.05, 3.63) is 28.2 Å². The fourth-order valence-electron chi connectivity index (χ4n) is 0.768. The standard InChI is InChI=1S/C7H3BrClNO2S/c8-6-3-5(4-10)1-2-7(6)13(9,11)12/h1-3H. The molecule has 1 aromatic rings. The van der Waals surface area contributed by atoms with Gasteiger partial charge >= 0.3 is 0 Å². The van der Waals surface area contributed by atoms with E-state index in [9.17, 15) is 8.42 Å². The van der Waals surface area contributed by atoms with Crippen molar-refractivity contribution >= 4 is 35.7 Å². The highest BCUT2D eigenvalue weighted by atomic mass is 79.9. The molecule has 1 aromatic carbocycles. The predicted molar refractivity (Wildman–Crippen MR) is 51.9 cm³/mol. The summed E-state index contributed by atoms with van der Waals surface area (Å²) in [5, 5.41) is 8.50. The highest BCUT2D eigenvalue weighted by molar-refractivity contribution is 9.10. The zero-order chi connectivity index (χ0) is 10.1. The molecule has 0 aliphatic heterocycles. The van der Waals surface area contributed by atoms with E-state index in [0.29, 0.717) is 10.0 Å². The first-order valence-electron chi connectivity index (χ1n) is 3.09. The third-order valence-electron chi connectivity index (χ3n) is 1.32. The third-order valence-corrected chi connectivity index (χ3v) is 3.62. The van der Waals surface area contributed by atoms with E-state index in [4.69, 9.17) is 15.9 Å². The van der Waals surface area contributed by atoms with Crippen LogP contribution in [-0.2, 0) is 9.05 Å². The number of hydrogen-bond acceptors (Lipinski definition) is 3. The van der Waals surface area contributed by atoms with E-state index in [-0.39, 0.29) is 4.90 Å². The van der Waals surface area contributed by atoms with Crippen molar-refractivity contribution in [1.82, 2.24) is 0 Å². The maximum absolute atomic E-state index is 10.9. The van der Waals surface area contributed by atoms with Crippen molar-refractivity contribution in [1.29, 1.82) is 5.26 Å². The van der Waals surface area contributed by atoms with E-state index in [2.05, 4.69) is 15.9 Å². The van der Waals surface area contributed by atoms with Crippen LogP contribution in [0.3, 0.4) is 0 Å². The second-order valence-electron chi connectivity index (χ2n) is 2.19. The second kappa shape index (κ2) is 3.66. The van der Waals surface area contributed by atoms with E-state index in [0.717, 1.165) is 0 Å². The van der Waals surface area contributed by atoms with E-state index in [1.807, 2.05) is 6.07 Å². The molecule has 6 heteroatoms. The number of hydrogen-bond donors (Lipinski definition) is 0. The average Bonchev–Trinajstić information content (AvgIpc) is 2.01. The fraction of sp³-hybridized carbons (Fsp3) is 0. The molecule has 3 nitrogen and oxygen atoms in total. The largest absolute Gasteiger partial charge is 0.262 e. The summed E-state index contributed by atoms with van der Waals surface area (Å²) in [7, 11) is 1.38. The summed E-state index contributed by atoms with van der Waals surface area (Å²) in [6.45, 7) is 0. The molecule has 0 saturated heterocycles. The van der Waals surface area contributed by atoms with Crippen LogP contribution in [0.4, 0.5) is 0 Å². The molecule has 0 spiro atoms. The number of benzene rings is 1. The van der Waals surface area contributed by atoms with Gasteiger partial charge in [0.15, 0.2) is 0 Å². The molecule has 0 atom stereocenters. The van der Waals surface area contributed by atoms with Gasteiger partial charge in [0.05, 0.1) is 16.5 Å². The molecule has 0 bridgehead atoms. The summed E-state index contributed by atoms with van der Waals surface area (Å²) in [5.41, 5.74) is 0.371. The minimum absolute atomic E-state index is 0.0341. The smallest absolute Gasteiger partial charge is 0.207 e. The Bertz CT molecular complexity index is 478. The van der Waals surface area contributed by atoms with Crippen molar-refractivity contribution in [3.8, 4) is 6.07 Å². The molecule has 0 aliphatic carbocycles. The monoisotopic (exact) mass is 279 g/mol. The summed E-state index contributed by atoms with van der Waals surface area (Å²) < 4.78 is 22.1. The Kier molecular flexibility index (Phi) is 2.96. The maximum Gasteiger partial charge on any atom is 0.262 e. The van der Waals surface area contributed by atoms with Gasteiger partial charge in [-0.2, -0.15) is 5.26 Å². The Labute approximate surface area is 88.5 Å². The molecule has 0 N–H and O–H groups in total. The summed E-state index contributed by atoms with van der Waals surface area (Å²) in [4.78, 5) is -0.0341. The Hall–Kier alpha value is -0.570. The number of nitriles is 1. The first-order chi connectivity index (χ1) is 5.95. The van der Waals surface area contributed by atoms with Crippen molar-refractivity contribution in [3.63, 3.8) is 0 Å². The van der Waals surface area contributed by atoms with Gasteiger partial charge in [-0.05, 0) is 34.1 Å². The van der Waals surface area contributed by atoms with Gasteiger partial charge < -0.3 is 0 Å². The van der Waals surface area contributed by atoms with Crippen molar-refractivity contribution in [2.45, 2.75) is 4.90 Å². The summed E-state index contributed by atoms with van der Waals surface area (Å²) in [6, 6.07) is 5.95. The van der Waals surface area contributed by atoms with Gasteiger partial charge in [-0.1, -0.05) is 0 Å². The van der Waals surface area contributed by atoms with Crippen LogP contribution >= 0.6 is 26.6 Å². The van der Waals surface area contributed by atoms with E-state index in [1.165, 1.54) is 18.2 Å². The van der Waals surface area contributed by atoms with Crippen LogP contribution in [0.2, 0.25) is 0 Å². The zero-order valence-corrected chi connectivity index (χ0v) is 9.32. The SMILES string of the molecule is N#Cc1ccc(S(=O)(=O)Cl)c(Br)c1. The van der Waals surface area contributed by atoms with Gasteiger partial charge in [0.2, 0.25) is 0 Å². The lowest BCUT2D eigenvalue weighted by Gasteiger charge is -1.99. The van der Waals surface area contributed by atoms with E-state index >= 15 is 0 Å². The van der Waals surface area contributed by atoms with Gasteiger partial charge in [-0.15, -0.1) is 0 Å². The molecule has 0 unspecified atom stereocenters.